The molecule has 260 valence electrons. The number of para-hydroxylation sites is 3. The van der Waals surface area contributed by atoms with Crippen molar-refractivity contribution in [1.82, 2.24) is 14.5 Å². The fourth-order valence-corrected chi connectivity index (χ4v) is 11.2. The summed E-state index contributed by atoms with van der Waals surface area (Å²) in [6, 6.07) is 58.9. The quantitative estimate of drug-likeness (QED) is 0.180. The minimum absolute atomic E-state index is 0.690. The van der Waals surface area contributed by atoms with Crippen molar-refractivity contribution < 1.29 is 4.42 Å². The first-order chi connectivity index (χ1) is 27.7. The summed E-state index contributed by atoms with van der Waals surface area (Å²) in [5.74, 6) is 0.690. The van der Waals surface area contributed by atoms with E-state index < -0.39 is 0 Å². The van der Waals surface area contributed by atoms with E-state index in [-0.39, 0.29) is 0 Å². The van der Waals surface area contributed by atoms with Crippen LogP contribution in [0.15, 0.2) is 178 Å². The summed E-state index contributed by atoms with van der Waals surface area (Å²) >= 11 is 3.66. The molecule has 0 spiro atoms. The van der Waals surface area contributed by atoms with Crippen molar-refractivity contribution in [2.24, 2.45) is 0 Å². The normalized spacial score (nSPS) is 12.6. The maximum absolute atomic E-state index is 6.56. The van der Waals surface area contributed by atoms with Crippen molar-refractivity contribution in [3.63, 3.8) is 0 Å². The van der Waals surface area contributed by atoms with Gasteiger partial charge in [-0.1, -0.05) is 109 Å². The fourth-order valence-electron chi connectivity index (χ4n) is 8.94. The molecule has 0 fully saturated rings. The lowest BCUT2D eigenvalue weighted by Gasteiger charge is -2.22. The third-order valence-corrected chi connectivity index (χ3v) is 13.7. The molecule has 0 bridgehead atoms. The molecule has 56 heavy (non-hydrogen) atoms. The molecule has 0 saturated heterocycles. The third-order valence-electron chi connectivity index (χ3n) is 11.4. The predicted octanol–water partition coefficient (Wildman–Crippen LogP) is 14.5. The Morgan fingerprint density at radius 3 is 2.05 bits per heavy atom. The van der Waals surface area contributed by atoms with Crippen molar-refractivity contribution >= 4 is 97.9 Å². The zero-order valence-corrected chi connectivity index (χ0v) is 31.3. The Labute approximate surface area is 328 Å². The Morgan fingerprint density at radius 2 is 1.20 bits per heavy atom. The molecule has 12 aromatic rings. The lowest BCUT2D eigenvalue weighted by Crippen LogP contribution is -1.99. The van der Waals surface area contributed by atoms with Gasteiger partial charge in [-0.25, -0.2) is 9.97 Å². The summed E-state index contributed by atoms with van der Waals surface area (Å²) in [5, 5.41) is 8.38. The monoisotopic (exact) mass is 749 g/mol. The van der Waals surface area contributed by atoms with E-state index in [4.69, 9.17) is 14.4 Å². The molecule has 6 heteroatoms. The maximum atomic E-state index is 6.56. The fraction of sp³-hybridized carbons (Fsp3) is 0. The molecule has 0 saturated carbocycles. The van der Waals surface area contributed by atoms with Gasteiger partial charge in [0.2, 0.25) is 0 Å². The van der Waals surface area contributed by atoms with Crippen molar-refractivity contribution in [2.45, 2.75) is 9.79 Å². The molecular formula is C50H27N3OS2. The largest absolute Gasteiger partial charge is 0.452 e. The molecule has 4 nitrogen and oxygen atoms in total. The Morgan fingerprint density at radius 1 is 0.482 bits per heavy atom. The minimum atomic E-state index is 0.690. The first kappa shape index (κ1) is 30.6. The van der Waals surface area contributed by atoms with Crippen LogP contribution in [0.2, 0.25) is 0 Å². The van der Waals surface area contributed by atoms with Gasteiger partial charge in [0, 0.05) is 68.3 Å². The lowest BCUT2D eigenvalue weighted by molar-refractivity contribution is 0.667. The highest BCUT2D eigenvalue weighted by Crippen LogP contribution is 2.51. The number of benzene rings is 8. The van der Waals surface area contributed by atoms with Crippen molar-refractivity contribution in [1.29, 1.82) is 0 Å². The second kappa shape index (κ2) is 11.4. The van der Waals surface area contributed by atoms with Crippen LogP contribution in [-0.4, -0.2) is 14.5 Å². The summed E-state index contributed by atoms with van der Waals surface area (Å²) in [5.41, 5.74) is 11.2. The average molecular weight is 750 g/mol. The third kappa shape index (κ3) is 4.25. The van der Waals surface area contributed by atoms with E-state index in [2.05, 4.69) is 150 Å². The summed E-state index contributed by atoms with van der Waals surface area (Å²) < 4.78 is 11.5. The zero-order chi connectivity index (χ0) is 36.5. The van der Waals surface area contributed by atoms with Gasteiger partial charge >= 0.3 is 0 Å². The number of furan rings is 1. The van der Waals surface area contributed by atoms with E-state index in [1.54, 1.807) is 0 Å². The summed E-state index contributed by atoms with van der Waals surface area (Å²) in [4.78, 5) is 13.2. The van der Waals surface area contributed by atoms with Crippen molar-refractivity contribution in [3.05, 3.63) is 164 Å². The molecule has 0 radical (unpaired) electrons. The van der Waals surface area contributed by atoms with E-state index in [1.807, 2.05) is 41.3 Å². The molecule has 5 heterocycles. The van der Waals surface area contributed by atoms with Crippen LogP contribution in [0.3, 0.4) is 0 Å². The molecule has 0 atom stereocenters. The Kier molecular flexibility index (Phi) is 6.23. The summed E-state index contributed by atoms with van der Waals surface area (Å²) in [6.07, 6.45) is 0. The number of rotatable bonds is 3. The van der Waals surface area contributed by atoms with Gasteiger partial charge in [-0.3, -0.25) is 0 Å². The molecule has 1 aliphatic rings. The number of hydrogen-bond donors (Lipinski definition) is 0. The number of nitrogens with zero attached hydrogens (tertiary/aromatic N) is 3. The summed E-state index contributed by atoms with van der Waals surface area (Å²) in [6.45, 7) is 0. The predicted molar refractivity (Wildman–Crippen MR) is 234 cm³/mol. The van der Waals surface area contributed by atoms with Crippen LogP contribution in [0.25, 0.3) is 114 Å². The highest BCUT2D eigenvalue weighted by atomic mass is 32.2. The topological polar surface area (TPSA) is 43.9 Å². The van der Waals surface area contributed by atoms with Gasteiger partial charge in [-0.2, -0.15) is 0 Å². The van der Waals surface area contributed by atoms with Gasteiger partial charge in [-0.05, 0) is 83.2 Å². The molecule has 4 aromatic heterocycles. The lowest BCUT2D eigenvalue weighted by atomic mass is 9.94. The second-order valence-electron chi connectivity index (χ2n) is 14.5. The molecule has 0 amide bonds. The van der Waals surface area contributed by atoms with E-state index in [9.17, 15) is 0 Å². The highest BCUT2D eigenvalue weighted by molar-refractivity contribution is 7.99. The first-order valence-corrected chi connectivity index (χ1v) is 20.4. The molecular weight excluding hydrogens is 723 g/mol. The van der Waals surface area contributed by atoms with Gasteiger partial charge in [0.05, 0.1) is 11.0 Å². The van der Waals surface area contributed by atoms with Crippen LogP contribution in [0.1, 0.15) is 0 Å². The van der Waals surface area contributed by atoms with Gasteiger partial charge in [0.1, 0.15) is 16.8 Å². The number of thiophene rings is 1. The Bertz CT molecular complexity index is 3590. The van der Waals surface area contributed by atoms with Gasteiger partial charge in [-0.15, -0.1) is 11.3 Å². The van der Waals surface area contributed by atoms with E-state index in [0.717, 1.165) is 44.4 Å². The maximum Gasteiger partial charge on any atom is 0.180 e. The Balaban J connectivity index is 1.00. The molecule has 0 N–H and O–H groups in total. The average Bonchev–Trinajstić information content (AvgIpc) is 3.93. The first-order valence-electron chi connectivity index (χ1n) is 18.7. The number of fused-ring (bicyclic) bond motifs is 11. The van der Waals surface area contributed by atoms with Crippen LogP contribution in [-0.2, 0) is 0 Å². The SMILES string of the molecule is c1ccc2c(c1)oc1c(-c3ccc4sc5ccccc5c4c3)nc(-c3ccc4c5c(cccc35)-c3ccc(-n5c6ccccc6c6ccccc65)cc3S4)nc12. The minimum Gasteiger partial charge on any atom is -0.452 e. The standard InChI is InChI=1S/C50H27N3OS2/c1-5-16-39-30(10-1)31-11-2-6-17-40(31)53(39)29-21-22-33-34-14-9-15-35-36(23-25-44(46(34)35)56-45(33)27-29)50-51-47(49-48(52-50)37-13-3-7-18-41(37)54-49)28-20-24-43-38(26-28)32-12-4-8-19-42(32)55-43/h1-27H. The highest BCUT2D eigenvalue weighted by Gasteiger charge is 2.25. The van der Waals surface area contributed by atoms with E-state index in [1.165, 1.54) is 68.3 Å². The van der Waals surface area contributed by atoms with Gasteiger partial charge in [0.15, 0.2) is 11.4 Å². The van der Waals surface area contributed by atoms with Crippen LogP contribution in [0.5, 0.6) is 0 Å². The van der Waals surface area contributed by atoms with E-state index in [0.29, 0.717) is 11.4 Å². The zero-order valence-electron chi connectivity index (χ0n) is 29.7. The number of aromatic nitrogens is 3. The van der Waals surface area contributed by atoms with Gasteiger partial charge in [0.25, 0.3) is 0 Å². The molecule has 0 unspecified atom stereocenters. The van der Waals surface area contributed by atoms with Crippen molar-refractivity contribution in [3.8, 4) is 39.5 Å². The molecule has 0 aliphatic carbocycles. The second-order valence-corrected chi connectivity index (χ2v) is 16.6. The number of hydrogen-bond acceptors (Lipinski definition) is 5. The molecule has 13 rings (SSSR count). The summed E-state index contributed by atoms with van der Waals surface area (Å²) in [7, 11) is 0. The van der Waals surface area contributed by atoms with Crippen LogP contribution >= 0.6 is 23.1 Å². The van der Waals surface area contributed by atoms with Crippen LogP contribution < -0.4 is 0 Å². The molecule has 8 aromatic carbocycles. The van der Waals surface area contributed by atoms with E-state index >= 15 is 0 Å². The smallest absolute Gasteiger partial charge is 0.180 e. The van der Waals surface area contributed by atoms with Crippen molar-refractivity contribution in [2.75, 3.05) is 0 Å². The van der Waals surface area contributed by atoms with Crippen LogP contribution in [0.4, 0.5) is 0 Å². The van der Waals surface area contributed by atoms with Gasteiger partial charge < -0.3 is 8.98 Å². The molecule has 1 aliphatic heterocycles. The van der Waals surface area contributed by atoms with Crippen LogP contribution in [0, 0.1) is 0 Å². The Hall–Kier alpha value is -6.73.